The van der Waals surface area contributed by atoms with E-state index in [1.165, 1.54) is 0 Å². The smallest absolute Gasteiger partial charge is 0.220 e. The molecule has 3 aromatic heterocycles. The van der Waals surface area contributed by atoms with E-state index in [0.29, 0.717) is 22.9 Å². The molecule has 1 aliphatic rings. The summed E-state index contributed by atoms with van der Waals surface area (Å²) in [6.45, 7) is 5.62. The molecule has 4 heterocycles. The third-order valence-electron chi connectivity index (χ3n) is 6.61. The minimum Gasteiger partial charge on any atom is -0.355 e. The SMILES string of the molecule is CCCCC(=O)NC1CCN(c2ncnc3c2nc(-c2ccccc2Cl)n3-c2ccc(C)nc2)CC1. The number of carbonyl (C=O) groups is 1. The maximum absolute atomic E-state index is 12.2. The van der Waals surface area contributed by atoms with Crippen molar-refractivity contribution in [3.63, 3.8) is 0 Å². The van der Waals surface area contributed by atoms with Crippen LogP contribution in [0.15, 0.2) is 48.9 Å². The summed E-state index contributed by atoms with van der Waals surface area (Å²) >= 11 is 6.60. The molecule has 1 aliphatic heterocycles. The Bertz CT molecular complexity index is 1360. The van der Waals surface area contributed by atoms with Gasteiger partial charge in [-0.2, -0.15) is 0 Å². The highest BCUT2D eigenvalue weighted by molar-refractivity contribution is 6.33. The summed E-state index contributed by atoms with van der Waals surface area (Å²) in [5, 5.41) is 3.80. The maximum atomic E-state index is 12.2. The van der Waals surface area contributed by atoms with Crippen LogP contribution in [0.5, 0.6) is 0 Å². The van der Waals surface area contributed by atoms with Crippen LogP contribution in [-0.4, -0.2) is 49.5 Å². The number of aromatic nitrogens is 5. The molecule has 36 heavy (non-hydrogen) atoms. The monoisotopic (exact) mass is 503 g/mol. The first-order chi connectivity index (χ1) is 17.5. The van der Waals surface area contributed by atoms with Crippen molar-refractivity contribution in [2.24, 2.45) is 0 Å². The van der Waals surface area contributed by atoms with Crippen LogP contribution in [0.1, 0.15) is 44.7 Å². The molecule has 0 unspecified atom stereocenters. The van der Waals surface area contributed by atoms with Crippen LogP contribution >= 0.6 is 11.6 Å². The first kappa shape index (κ1) is 24.2. The highest BCUT2D eigenvalue weighted by Crippen LogP contribution is 2.34. The van der Waals surface area contributed by atoms with Gasteiger partial charge < -0.3 is 10.2 Å². The number of amides is 1. The van der Waals surface area contributed by atoms with Gasteiger partial charge in [0.15, 0.2) is 17.0 Å². The van der Waals surface area contributed by atoms with E-state index in [1.807, 2.05) is 54.1 Å². The van der Waals surface area contributed by atoms with Gasteiger partial charge in [0.05, 0.1) is 16.9 Å². The largest absolute Gasteiger partial charge is 0.355 e. The molecule has 0 radical (unpaired) electrons. The van der Waals surface area contributed by atoms with Gasteiger partial charge in [0, 0.05) is 36.8 Å². The lowest BCUT2D eigenvalue weighted by molar-refractivity contribution is -0.122. The molecule has 8 nitrogen and oxygen atoms in total. The number of unbranched alkanes of at least 4 members (excludes halogenated alkanes) is 1. The Morgan fingerprint density at radius 2 is 1.92 bits per heavy atom. The lowest BCUT2D eigenvalue weighted by atomic mass is 10.0. The Morgan fingerprint density at radius 3 is 2.64 bits per heavy atom. The second-order valence-corrected chi connectivity index (χ2v) is 9.62. The molecule has 4 aromatic rings. The molecule has 0 saturated carbocycles. The van der Waals surface area contributed by atoms with Gasteiger partial charge in [-0.15, -0.1) is 0 Å². The number of halogens is 1. The van der Waals surface area contributed by atoms with Crippen LogP contribution in [0, 0.1) is 6.92 Å². The fraction of sp³-hybridized carbons (Fsp3) is 0.370. The fourth-order valence-electron chi connectivity index (χ4n) is 4.64. The standard InChI is InChI=1S/C27H30ClN7O/c1-3-4-9-23(36)32-19-12-14-34(15-13-19)26-24-27(31-17-30-26)35(20-11-10-18(2)29-16-20)25(33-24)21-7-5-6-8-22(21)28/h5-8,10-11,16-17,19H,3-4,9,12-15H2,1-2H3,(H,32,36). The molecule has 1 aromatic carbocycles. The van der Waals surface area contributed by atoms with Gasteiger partial charge >= 0.3 is 0 Å². The topological polar surface area (TPSA) is 88.8 Å². The Labute approximate surface area is 215 Å². The molecule has 5 rings (SSSR count). The zero-order chi connectivity index (χ0) is 25.1. The van der Waals surface area contributed by atoms with Crippen molar-refractivity contribution in [1.29, 1.82) is 0 Å². The van der Waals surface area contributed by atoms with Gasteiger partial charge in [-0.05, 0) is 50.5 Å². The average Bonchev–Trinajstić information content (AvgIpc) is 3.28. The number of aryl methyl sites for hydroxylation is 1. The van der Waals surface area contributed by atoms with Crippen LogP contribution in [0.2, 0.25) is 5.02 Å². The third kappa shape index (κ3) is 4.91. The third-order valence-corrected chi connectivity index (χ3v) is 6.94. The molecule has 1 saturated heterocycles. The van der Waals surface area contributed by atoms with Crippen molar-refractivity contribution >= 4 is 34.5 Å². The lowest BCUT2D eigenvalue weighted by Gasteiger charge is -2.33. The second-order valence-electron chi connectivity index (χ2n) is 9.21. The molecule has 0 spiro atoms. The quantitative estimate of drug-likeness (QED) is 0.377. The van der Waals surface area contributed by atoms with Crippen molar-refractivity contribution in [2.45, 2.75) is 52.0 Å². The predicted molar refractivity (Wildman–Crippen MR) is 143 cm³/mol. The number of hydrogen-bond acceptors (Lipinski definition) is 6. The van der Waals surface area contributed by atoms with Crippen molar-refractivity contribution < 1.29 is 4.79 Å². The lowest BCUT2D eigenvalue weighted by Crippen LogP contribution is -2.45. The Balaban J connectivity index is 1.50. The zero-order valence-corrected chi connectivity index (χ0v) is 21.4. The number of hydrogen-bond donors (Lipinski definition) is 1. The number of nitrogens with one attached hydrogen (secondary N) is 1. The summed E-state index contributed by atoms with van der Waals surface area (Å²) in [6, 6.07) is 11.9. The van der Waals surface area contributed by atoms with Gasteiger partial charge in [0.25, 0.3) is 0 Å². The van der Waals surface area contributed by atoms with Crippen LogP contribution in [-0.2, 0) is 4.79 Å². The molecule has 0 atom stereocenters. The number of nitrogens with zero attached hydrogens (tertiary/aromatic N) is 6. The predicted octanol–water partition coefficient (Wildman–Crippen LogP) is 5.11. The average molecular weight is 504 g/mol. The first-order valence-corrected chi connectivity index (χ1v) is 12.9. The maximum Gasteiger partial charge on any atom is 0.220 e. The van der Waals surface area contributed by atoms with E-state index in [9.17, 15) is 4.79 Å². The summed E-state index contributed by atoms with van der Waals surface area (Å²) in [5.41, 5.74) is 4.03. The van der Waals surface area contributed by atoms with Crippen LogP contribution in [0.25, 0.3) is 28.2 Å². The molecule has 1 fully saturated rings. The Morgan fingerprint density at radius 1 is 1.11 bits per heavy atom. The summed E-state index contributed by atoms with van der Waals surface area (Å²) in [5.74, 6) is 1.64. The summed E-state index contributed by atoms with van der Waals surface area (Å²) < 4.78 is 1.99. The number of benzene rings is 1. The van der Waals surface area contributed by atoms with E-state index < -0.39 is 0 Å². The number of pyridine rings is 1. The van der Waals surface area contributed by atoms with E-state index in [2.05, 4.69) is 32.1 Å². The molecule has 0 aliphatic carbocycles. The van der Waals surface area contributed by atoms with Crippen molar-refractivity contribution in [1.82, 2.24) is 29.8 Å². The van der Waals surface area contributed by atoms with Crippen molar-refractivity contribution in [3.8, 4) is 17.1 Å². The molecule has 1 N–H and O–H groups in total. The number of carbonyl (C=O) groups excluding carboxylic acids is 1. The van der Waals surface area contributed by atoms with Crippen molar-refractivity contribution in [2.75, 3.05) is 18.0 Å². The highest BCUT2D eigenvalue weighted by atomic mass is 35.5. The van der Waals surface area contributed by atoms with E-state index in [0.717, 1.165) is 67.1 Å². The summed E-state index contributed by atoms with van der Waals surface area (Å²) in [4.78, 5) is 33.2. The number of imidazole rings is 1. The van der Waals surface area contributed by atoms with E-state index in [4.69, 9.17) is 16.6 Å². The molecule has 0 bridgehead atoms. The van der Waals surface area contributed by atoms with Crippen molar-refractivity contribution in [3.05, 3.63) is 59.6 Å². The number of anilines is 1. The molecular formula is C27H30ClN7O. The van der Waals surface area contributed by atoms with Crippen LogP contribution in [0.4, 0.5) is 5.82 Å². The van der Waals surface area contributed by atoms with E-state index in [1.54, 1.807) is 6.33 Å². The van der Waals surface area contributed by atoms with E-state index in [-0.39, 0.29) is 11.9 Å². The number of piperidine rings is 1. The minimum absolute atomic E-state index is 0.148. The van der Waals surface area contributed by atoms with Gasteiger partial charge in [-0.25, -0.2) is 15.0 Å². The molecule has 186 valence electrons. The summed E-state index contributed by atoms with van der Waals surface area (Å²) in [6.07, 6.45) is 7.69. The number of fused-ring (bicyclic) bond motifs is 1. The number of rotatable bonds is 7. The Hall–Kier alpha value is -3.52. The first-order valence-electron chi connectivity index (χ1n) is 12.5. The van der Waals surface area contributed by atoms with Crippen LogP contribution in [0.3, 0.4) is 0 Å². The normalized spacial score (nSPS) is 14.4. The van der Waals surface area contributed by atoms with Gasteiger partial charge in [0.1, 0.15) is 12.2 Å². The molecule has 1 amide bonds. The summed E-state index contributed by atoms with van der Waals surface area (Å²) in [7, 11) is 0. The zero-order valence-electron chi connectivity index (χ0n) is 20.6. The highest BCUT2D eigenvalue weighted by Gasteiger charge is 2.26. The van der Waals surface area contributed by atoms with E-state index >= 15 is 0 Å². The molecular weight excluding hydrogens is 474 g/mol. The minimum atomic E-state index is 0.148. The Kier molecular flexibility index (Phi) is 7.13. The van der Waals surface area contributed by atoms with Gasteiger partial charge in [-0.3, -0.25) is 14.3 Å². The molecule has 9 heteroatoms. The fourth-order valence-corrected chi connectivity index (χ4v) is 4.86. The second kappa shape index (κ2) is 10.6. The van der Waals surface area contributed by atoms with Gasteiger partial charge in [0.2, 0.25) is 5.91 Å². The van der Waals surface area contributed by atoms with Crippen LogP contribution < -0.4 is 10.2 Å². The van der Waals surface area contributed by atoms with Gasteiger partial charge in [-0.1, -0.05) is 37.1 Å².